The molecular formula is C12H14ClNO4. The monoisotopic (exact) mass is 271 g/mol. The van der Waals surface area contributed by atoms with Gasteiger partial charge in [-0.25, -0.2) is 4.79 Å². The molecule has 98 valence electrons. The first-order chi connectivity index (χ1) is 8.50. The van der Waals surface area contributed by atoms with Crippen molar-refractivity contribution < 1.29 is 19.4 Å². The number of rotatable bonds is 6. The zero-order valence-corrected chi connectivity index (χ0v) is 10.6. The second-order valence-electron chi connectivity index (χ2n) is 3.70. The van der Waals surface area contributed by atoms with Crippen molar-refractivity contribution in [3.8, 4) is 0 Å². The summed E-state index contributed by atoms with van der Waals surface area (Å²) in [6, 6.07) is 6.91. The highest BCUT2D eigenvalue weighted by molar-refractivity contribution is 6.31. The second kappa shape index (κ2) is 6.98. The third-order valence-electron chi connectivity index (χ3n) is 2.21. The molecule has 0 spiro atoms. The highest BCUT2D eigenvalue weighted by Gasteiger charge is 2.12. The van der Waals surface area contributed by atoms with Gasteiger partial charge < -0.3 is 15.2 Å². The molecule has 0 aliphatic rings. The van der Waals surface area contributed by atoms with Gasteiger partial charge in [0.1, 0.15) is 13.2 Å². The second-order valence-corrected chi connectivity index (χ2v) is 4.10. The Morgan fingerprint density at radius 2 is 2.06 bits per heavy atom. The molecule has 18 heavy (non-hydrogen) atoms. The molecule has 0 bridgehead atoms. The number of benzene rings is 1. The maximum absolute atomic E-state index is 11.4. The van der Waals surface area contributed by atoms with Crippen LogP contribution in [0.2, 0.25) is 5.02 Å². The van der Waals surface area contributed by atoms with Gasteiger partial charge in [-0.3, -0.25) is 4.79 Å². The Balaban J connectivity index is 2.45. The highest BCUT2D eigenvalue weighted by Crippen LogP contribution is 2.21. The Morgan fingerprint density at radius 1 is 1.39 bits per heavy atom. The Morgan fingerprint density at radius 3 is 2.67 bits per heavy atom. The minimum Gasteiger partial charge on any atom is -0.480 e. The van der Waals surface area contributed by atoms with Crippen molar-refractivity contribution in [3.63, 3.8) is 0 Å². The Bertz CT molecular complexity index is 436. The topological polar surface area (TPSA) is 75.6 Å². The number of carbonyl (C=O) groups is 2. The van der Waals surface area contributed by atoms with Crippen molar-refractivity contribution in [2.75, 3.05) is 13.2 Å². The minimum absolute atomic E-state index is 0.264. The van der Waals surface area contributed by atoms with Gasteiger partial charge in [0.15, 0.2) is 0 Å². The lowest BCUT2D eigenvalue weighted by Gasteiger charge is -2.15. The zero-order chi connectivity index (χ0) is 13.5. The van der Waals surface area contributed by atoms with Gasteiger partial charge in [-0.15, -0.1) is 0 Å². The molecule has 0 heterocycles. The number of aliphatic carboxylic acids is 1. The predicted molar refractivity (Wildman–Crippen MR) is 66.5 cm³/mol. The van der Waals surface area contributed by atoms with Crippen molar-refractivity contribution in [1.82, 2.24) is 5.32 Å². The summed E-state index contributed by atoms with van der Waals surface area (Å²) in [5.74, 6) is -1.49. The molecule has 0 aliphatic carbocycles. The summed E-state index contributed by atoms with van der Waals surface area (Å²) in [6.07, 6.45) is 0. The smallest absolute Gasteiger partial charge is 0.329 e. The first-order valence-electron chi connectivity index (χ1n) is 5.34. The molecule has 0 saturated heterocycles. The molecule has 6 heteroatoms. The number of amides is 1. The lowest BCUT2D eigenvalue weighted by atomic mass is 10.1. The van der Waals surface area contributed by atoms with Gasteiger partial charge in [0.05, 0.1) is 6.04 Å². The van der Waals surface area contributed by atoms with E-state index >= 15 is 0 Å². The summed E-state index contributed by atoms with van der Waals surface area (Å²) in [6.45, 7) is 1.01. The lowest BCUT2D eigenvalue weighted by molar-refractivity contribution is -0.143. The van der Waals surface area contributed by atoms with Gasteiger partial charge in [-0.1, -0.05) is 29.8 Å². The number of ether oxygens (including phenoxy) is 1. The number of carbonyl (C=O) groups excluding carboxylic acids is 1. The lowest BCUT2D eigenvalue weighted by Crippen LogP contribution is -2.31. The fraction of sp³-hybridized carbons (Fsp3) is 0.333. The summed E-state index contributed by atoms with van der Waals surface area (Å²) in [7, 11) is 0. The van der Waals surface area contributed by atoms with Crippen molar-refractivity contribution in [3.05, 3.63) is 34.9 Å². The molecule has 0 aliphatic heterocycles. The fourth-order valence-electron chi connectivity index (χ4n) is 1.42. The van der Waals surface area contributed by atoms with Crippen LogP contribution < -0.4 is 5.32 Å². The Kier molecular flexibility index (Phi) is 5.61. The number of nitrogens with one attached hydrogen (secondary N) is 1. The quantitative estimate of drug-likeness (QED) is 0.824. The summed E-state index contributed by atoms with van der Waals surface area (Å²) in [5.41, 5.74) is 0.797. The normalized spacial score (nSPS) is 11.9. The van der Waals surface area contributed by atoms with Crippen molar-refractivity contribution in [1.29, 1.82) is 0 Å². The van der Waals surface area contributed by atoms with E-state index in [1.54, 1.807) is 19.1 Å². The predicted octanol–water partition coefficient (Wildman–Crippen LogP) is 1.62. The summed E-state index contributed by atoms with van der Waals surface area (Å²) >= 11 is 5.99. The van der Waals surface area contributed by atoms with Crippen LogP contribution >= 0.6 is 11.6 Å². The minimum atomic E-state index is -1.11. The number of halogens is 1. The highest BCUT2D eigenvalue weighted by atomic mass is 35.5. The molecule has 5 nitrogen and oxygen atoms in total. The number of hydrogen-bond donors (Lipinski definition) is 2. The third kappa shape index (κ3) is 4.73. The molecule has 2 N–H and O–H groups in total. The largest absolute Gasteiger partial charge is 0.480 e. The van der Waals surface area contributed by atoms with Gasteiger partial charge in [0, 0.05) is 5.02 Å². The maximum Gasteiger partial charge on any atom is 0.329 e. The summed E-state index contributed by atoms with van der Waals surface area (Å²) in [4.78, 5) is 21.6. The standard InChI is InChI=1S/C12H14ClNO4/c1-8(9-4-2-3-5-10(9)13)14-11(15)6-18-7-12(16)17/h2-5,8H,6-7H2,1H3,(H,14,15)(H,16,17)/t8-/m0/s1. The van der Waals surface area contributed by atoms with Gasteiger partial charge in [-0.2, -0.15) is 0 Å². The van der Waals surface area contributed by atoms with Crippen LogP contribution in [0.15, 0.2) is 24.3 Å². The van der Waals surface area contributed by atoms with Gasteiger partial charge in [-0.05, 0) is 18.6 Å². The van der Waals surface area contributed by atoms with Crippen LogP contribution in [0, 0.1) is 0 Å². The first kappa shape index (κ1) is 14.5. The first-order valence-corrected chi connectivity index (χ1v) is 5.72. The van der Waals surface area contributed by atoms with E-state index < -0.39 is 12.6 Å². The fourth-order valence-corrected chi connectivity index (χ4v) is 1.72. The molecule has 0 saturated carbocycles. The Hall–Kier alpha value is -1.59. The van der Waals surface area contributed by atoms with Gasteiger partial charge in [0.2, 0.25) is 5.91 Å². The Labute approximate surface area is 110 Å². The van der Waals surface area contributed by atoms with E-state index in [0.29, 0.717) is 5.02 Å². The van der Waals surface area contributed by atoms with Crippen LogP contribution in [0.5, 0.6) is 0 Å². The van der Waals surface area contributed by atoms with Crippen LogP contribution in [0.4, 0.5) is 0 Å². The molecule has 0 fully saturated rings. The molecule has 1 atom stereocenters. The van der Waals surface area contributed by atoms with E-state index in [9.17, 15) is 9.59 Å². The van der Waals surface area contributed by atoms with Gasteiger partial charge in [0.25, 0.3) is 0 Å². The van der Waals surface area contributed by atoms with E-state index in [1.807, 2.05) is 12.1 Å². The zero-order valence-electron chi connectivity index (χ0n) is 9.85. The van der Waals surface area contributed by atoms with Crippen molar-refractivity contribution in [2.45, 2.75) is 13.0 Å². The van der Waals surface area contributed by atoms with Crippen molar-refractivity contribution >= 4 is 23.5 Å². The van der Waals surface area contributed by atoms with Crippen LogP contribution in [-0.4, -0.2) is 30.2 Å². The molecule has 1 amide bonds. The molecular weight excluding hydrogens is 258 g/mol. The molecule has 0 aromatic heterocycles. The third-order valence-corrected chi connectivity index (χ3v) is 2.55. The molecule has 1 rings (SSSR count). The van der Waals surface area contributed by atoms with E-state index in [-0.39, 0.29) is 18.6 Å². The molecule has 1 aromatic carbocycles. The average Bonchev–Trinajstić information content (AvgIpc) is 2.28. The summed E-state index contributed by atoms with van der Waals surface area (Å²) < 4.78 is 4.68. The van der Waals surface area contributed by atoms with E-state index in [1.165, 1.54) is 0 Å². The van der Waals surface area contributed by atoms with Crippen LogP contribution in [0.3, 0.4) is 0 Å². The molecule has 1 aromatic rings. The molecule has 0 radical (unpaired) electrons. The maximum atomic E-state index is 11.4. The number of carboxylic acids is 1. The van der Waals surface area contributed by atoms with Crippen LogP contribution in [0.1, 0.15) is 18.5 Å². The van der Waals surface area contributed by atoms with Crippen molar-refractivity contribution in [2.24, 2.45) is 0 Å². The SMILES string of the molecule is C[C@H](NC(=O)COCC(=O)O)c1ccccc1Cl. The number of hydrogen-bond acceptors (Lipinski definition) is 3. The number of carboxylic acid groups (broad SMARTS) is 1. The van der Waals surface area contributed by atoms with Crippen LogP contribution in [0.25, 0.3) is 0 Å². The van der Waals surface area contributed by atoms with E-state index in [2.05, 4.69) is 10.1 Å². The summed E-state index contributed by atoms with van der Waals surface area (Å²) in [5, 5.41) is 11.6. The molecule has 0 unspecified atom stereocenters. The van der Waals surface area contributed by atoms with E-state index in [4.69, 9.17) is 16.7 Å². The van der Waals surface area contributed by atoms with Crippen LogP contribution in [-0.2, 0) is 14.3 Å². The van der Waals surface area contributed by atoms with E-state index in [0.717, 1.165) is 5.56 Å². The van der Waals surface area contributed by atoms with Gasteiger partial charge >= 0.3 is 5.97 Å². The average molecular weight is 272 g/mol.